The average molecular weight is 279 g/mol. The monoisotopic (exact) mass is 279 g/mol. The predicted octanol–water partition coefficient (Wildman–Crippen LogP) is 1.07. The summed E-state index contributed by atoms with van der Waals surface area (Å²) in [5.74, 6) is 0. The summed E-state index contributed by atoms with van der Waals surface area (Å²) in [5.41, 5.74) is 8.08. The highest BCUT2D eigenvalue weighted by Crippen LogP contribution is 2.11. The lowest BCUT2D eigenvalue weighted by molar-refractivity contribution is 0.246. The topological polar surface area (TPSA) is 50.3 Å². The molecule has 0 amide bonds. The van der Waals surface area contributed by atoms with E-state index in [1.165, 1.54) is 31.7 Å². The van der Waals surface area contributed by atoms with Crippen LogP contribution >= 0.6 is 0 Å². The zero-order valence-corrected chi connectivity index (χ0v) is 13.0. The fourth-order valence-electron chi connectivity index (χ4n) is 2.95. The van der Waals surface area contributed by atoms with Crippen LogP contribution in [-0.2, 0) is 13.1 Å². The first-order valence-corrected chi connectivity index (χ1v) is 7.91. The Hall–Kier alpha value is -0.910. The van der Waals surface area contributed by atoms with Gasteiger partial charge in [0.15, 0.2) is 0 Å². The summed E-state index contributed by atoms with van der Waals surface area (Å²) in [6.45, 7) is 12.9. The molecule has 0 aliphatic carbocycles. The maximum absolute atomic E-state index is 5.60. The number of aryl methyl sites for hydroxylation is 2. The van der Waals surface area contributed by atoms with E-state index in [9.17, 15) is 0 Å². The fraction of sp³-hybridized carbons (Fsp3) is 0.800. The summed E-state index contributed by atoms with van der Waals surface area (Å²) in [6, 6.07) is 2.22. The van der Waals surface area contributed by atoms with Crippen molar-refractivity contribution in [3.63, 3.8) is 0 Å². The summed E-state index contributed by atoms with van der Waals surface area (Å²) >= 11 is 0. The van der Waals surface area contributed by atoms with Gasteiger partial charge in [0.1, 0.15) is 0 Å². The van der Waals surface area contributed by atoms with Gasteiger partial charge in [-0.3, -0.25) is 9.58 Å². The molecule has 1 aliphatic heterocycles. The van der Waals surface area contributed by atoms with Crippen LogP contribution in [0, 0.1) is 6.92 Å². The molecule has 0 radical (unpaired) electrons. The van der Waals surface area contributed by atoms with Gasteiger partial charge < -0.3 is 10.6 Å². The van der Waals surface area contributed by atoms with Crippen LogP contribution in [0.25, 0.3) is 0 Å². The predicted molar refractivity (Wildman–Crippen MR) is 82.6 cm³/mol. The second kappa shape index (κ2) is 7.76. The van der Waals surface area contributed by atoms with Crippen molar-refractivity contribution in [2.45, 2.75) is 39.8 Å². The minimum atomic E-state index is 0.801. The first kappa shape index (κ1) is 15.5. The van der Waals surface area contributed by atoms with Gasteiger partial charge in [-0.25, -0.2) is 0 Å². The second-order valence-corrected chi connectivity index (χ2v) is 5.71. The zero-order chi connectivity index (χ0) is 14.4. The number of hydrogen-bond acceptors (Lipinski definition) is 4. The van der Waals surface area contributed by atoms with Gasteiger partial charge in [0.25, 0.3) is 0 Å². The van der Waals surface area contributed by atoms with Crippen LogP contribution in [0.5, 0.6) is 0 Å². The molecule has 2 rings (SSSR count). The molecule has 5 nitrogen and oxygen atoms in total. The number of nitrogens with two attached hydrogens (primary N) is 1. The Morgan fingerprint density at radius 1 is 1.20 bits per heavy atom. The summed E-state index contributed by atoms with van der Waals surface area (Å²) in [6.07, 6.45) is 2.37. The van der Waals surface area contributed by atoms with E-state index >= 15 is 0 Å². The van der Waals surface area contributed by atoms with Gasteiger partial charge in [-0.1, -0.05) is 0 Å². The van der Waals surface area contributed by atoms with Crippen molar-refractivity contribution in [2.24, 2.45) is 5.73 Å². The van der Waals surface area contributed by atoms with Crippen LogP contribution in [-0.4, -0.2) is 58.8 Å². The molecule has 2 heterocycles. The minimum Gasteiger partial charge on any atom is -0.330 e. The van der Waals surface area contributed by atoms with Crippen LogP contribution in [0.15, 0.2) is 6.07 Å². The van der Waals surface area contributed by atoms with Crippen molar-refractivity contribution < 1.29 is 0 Å². The standard InChI is InChI=1S/C15H29N5/c1-3-20-15(12-14(2)17-20)13-19-9-5-8-18(10-11-19)7-4-6-16/h12H,3-11,13,16H2,1-2H3. The molecule has 0 spiro atoms. The van der Waals surface area contributed by atoms with Gasteiger partial charge in [0, 0.05) is 26.2 Å². The Balaban J connectivity index is 1.87. The van der Waals surface area contributed by atoms with Crippen molar-refractivity contribution >= 4 is 0 Å². The van der Waals surface area contributed by atoms with Crippen LogP contribution in [0.3, 0.4) is 0 Å². The van der Waals surface area contributed by atoms with E-state index < -0.39 is 0 Å². The van der Waals surface area contributed by atoms with Gasteiger partial charge in [-0.2, -0.15) is 5.10 Å². The number of aromatic nitrogens is 2. The lowest BCUT2D eigenvalue weighted by atomic mass is 10.3. The molecular formula is C15H29N5. The van der Waals surface area contributed by atoms with E-state index in [2.05, 4.69) is 39.5 Å². The summed E-state index contributed by atoms with van der Waals surface area (Å²) in [5, 5.41) is 4.54. The third-order valence-corrected chi connectivity index (χ3v) is 4.03. The molecule has 0 aromatic carbocycles. The van der Waals surface area contributed by atoms with Crippen LogP contribution < -0.4 is 5.73 Å². The van der Waals surface area contributed by atoms with Crippen LogP contribution in [0.1, 0.15) is 31.2 Å². The van der Waals surface area contributed by atoms with Gasteiger partial charge in [-0.15, -0.1) is 0 Å². The highest BCUT2D eigenvalue weighted by atomic mass is 15.3. The summed E-state index contributed by atoms with van der Waals surface area (Å²) in [4.78, 5) is 5.11. The van der Waals surface area contributed by atoms with Crippen LogP contribution in [0.2, 0.25) is 0 Å². The SMILES string of the molecule is CCn1nc(C)cc1CN1CCCN(CCCN)CC1. The molecule has 5 heteroatoms. The summed E-state index contributed by atoms with van der Waals surface area (Å²) in [7, 11) is 0. The Labute approximate surface area is 122 Å². The van der Waals surface area contributed by atoms with Crippen LogP contribution in [0.4, 0.5) is 0 Å². The van der Waals surface area contributed by atoms with Gasteiger partial charge in [-0.05, 0) is 58.9 Å². The Kier molecular flexibility index (Phi) is 6.01. The third kappa shape index (κ3) is 4.30. The second-order valence-electron chi connectivity index (χ2n) is 5.71. The molecule has 1 aromatic heterocycles. The van der Waals surface area contributed by atoms with E-state index in [1.54, 1.807) is 0 Å². The molecule has 0 bridgehead atoms. The maximum atomic E-state index is 5.60. The largest absolute Gasteiger partial charge is 0.330 e. The first-order valence-electron chi connectivity index (χ1n) is 7.91. The Bertz CT molecular complexity index is 401. The lowest BCUT2D eigenvalue weighted by Gasteiger charge is -2.21. The highest BCUT2D eigenvalue weighted by molar-refractivity contribution is 5.08. The number of hydrogen-bond donors (Lipinski definition) is 1. The molecule has 1 aliphatic rings. The normalized spacial score (nSPS) is 18.4. The van der Waals surface area contributed by atoms with E-state index in [1.807, 2.05) is 0 Å². The van der Waals surface area contributed by atoms with Gasteiger partial charge >= 0.3 is 0 Å². The summed E-state index contributed by atoms with van der Waals surface area (Å²) < 4.78 is 2.13. The first-order chi connectivity index (χ1) is 9.72. The molecular weight excluding hydrogens is 250 g/mol. The molecule has 0 atom stereocenters. The lowest BCUT2D eigenvalue weighted by Crippen LogP contribution is -2.32. The van der Waals surface area contributed by atoms with E-state index in [0.29, 0.717) is 0 Å². The van der Waals surface area contributed by atoms with Crippen molar-refractivity contribution in [2.75, 3.05) is 39.3 Å². The molecule has 1 fully saturated rings. The van der Waals surface area contributed by atoms with E-state index in [-0.39, 0.29) is 0 Å². The van der Waals surface area contributed by atoms with E-state index in [4.69, 9.17) is 5.73 Å². The highest BCUT2D eigenvalue weighted by Gasteiger charge is 2.16. The number of nitrogens with zero attached hydrogens (tertiary/aromatic N) is 4. The molecule has 0 unspecified atom stereocenters. The molecule has 1 saturated heterocycles. The van der Waals surface area contributed by atoms with Crippen molar-refractivity contribution in [3.05, 3.63) is 17.5 Å². The number of rotatable bonds is 6. The Morgan fingerprint density at radius 3 is 2.70 bits per heavy atom. The van der Waals surface area contributed by atoms with E-state index in [0.717, 1.165) is 44.8 Å². The molecule has 114 valence electrons. The molecule has 2 N–H and O–H groups in total. The van der Waals surface area contributed by atoms with Crippen molar-refractivity contribution in [1.82, 2.24) is 19.6 Å². The molecule has 1 aromatic rings. The average Bonchev–Trinajstić information content (AvgIpc) is 2.65. The third-order valence-electron chi connectivity index (χ3n) is 4.03. The van der Waals surface area contributed by atoms with Gasteiger partial charge in [0.05, 0.1) is 11.4 Å². The smallest absolute Gasteiger partial charge is 0.0597 e. The van der Waals surface area contributed by atoms with Gasteiger partial charge in [0.2, 0.25) is 0 Å². The zero-order valence-electron chi connectivity index (χ0n) is 13.0. The maximum Gasteiger partial charge on any atom is 0.0597 e. The molecule has 0 saturated carbocycles. The Morgan fingerprint density at radius 2 is 1.95 bits per heavy atom. The molecule has 20 heavy (non-hydrogen) atoms. The fourth-order valence-corrected chi connectivity index (χ4v) is 2.95. The van der Waals surface area contributed by atoms with Crippen molar-refractivity contribution in [1.29, 1.82) is 0 Å². The minimum absolute atomic E-state index is 0.801. The van der Waals surface area contributed by atoms with Crippen molar-refractivity contribution in [3.8, 4) is 0 Å². The quantitative estimate of drug-likeness (QED) is 0.846.